The van der Waals surface area contributed by atoms with E-state index in [2.05, 4.69) is 56.4 Å². The summed E-state index contributed by atoms with van der Waals surface area (Å²) >= 11 is 0. The molecule has 0 bridgehead atoms. The Balaban J connectivity index is 1.78. The van der Waals surface area contributed by atoms with Crippen molar-refractivity contribution in [2.75, 3.05) is 26.4 Å². The Morgan fingerprint density at radius 2 is 0.824 bits per heavy atom. The third kappa shape index (κ3) is 32.3. The van der Waals surface area contributed by atoms with E-state index in [9.17, 15) is 45.3 Å². The van der Waals surface area contributed by atoms with Crippen molar-refractivity contribution in [3.05, 3.63) is 48.6 Å². The smallest absolute Gasteiger partial charge is 0.306 e. The number of carbonyl (C=O) groups excluding carboxylic acids is 2. The summed E-state index contributed by atoms with van der Waals surface area (Å²) in [7, 11) is 0. The number of allylic oxidation sites excluding steroid dienone is 8. The maximum atomic E-state index is 13.1. The van der Waals surface area contributed by atoms with E-state index in [4.69, 9.17) is 28.4 Å². The van der Waals surface area contributed by atoms with E-state index in [1.165, 1.54) is 128 Å². The lowest BCUT2D eigenvalue weighted by atomic mass is 9.98. The molecule has 74 heavy (non-hydrogen) atoms. The minimum absolute atomic E-state index is 0.143. The van der Waals surface area contributed by atoms with Gasteiger partial charge in [0.2, 0.25) is 0 Å². The van der Waals surface area contributed by atoms with Gasteiger partial charge in [0.25, 0.3) is 0 Å². The molecule has 0 aromatic rings. The molecule has 0 saturated carbocycles. The van der Waals surface area contributed by atoms with Crippen LogP contribution in [0.5, 0.6) is 0 Å². The molecular weight excluding hydrogens is 949 g/mol. The van der Waals surface area contributed by atoms with Gasteiger partial charge >= 0.3 is 11.9 Å². The molecule has 2 rings (SSSR count). The highest BCUT2D eigenvalue weighted by molar-refractivity contribution is 5.70. The van der Waals surface area contributed by atoms with Crippen LogP contribution in [0, 0.1) is 0 Å². The van der Waals surface area contributed by atoms with Crippen molar-refractivity contribution < 1.29 is 73.8 Å². The summed E-state index contributed by atoms with van der Waals surface area (Å²) in [5.41, 5.74) is 0. The predicted molar refractivity (Wildman–Crippen MR) is 289 cm³/mol. The fraction of sp³-hybridized carbons (Fsp3) is 0.831. The van der Waals surface area contributed by atoms with Gasteiger partial charge in [-0.05, 0) is 51.4 Å². The van der Waals surface area contributed by atoms with Crippen LogP contribution >= 0.6 is 0 Å². The van der Waals surface area contributed by atoms with Crippen molar-refractivity contribution in [1.82, 2.24) is 0 Å². The number of hydrogen-bond donors (Lipinski definition) is 7. The number of aliphatic hydroxyl groups excluding tert-OH is 7. The monoisotopic (exact) mass is 1050 g/mol. The zero-order valence-electron chi connectivity index (χ0n) is 45.8. The summed E-state index contributed by atoms with van der Waals surface area (Å²) in [4.78, 5) is 25.9. The summed E-state index contributed by atoms with van der Waals surface area (Å²) in [6, 6.07) is 0. The standard InChI is InChI=1S/C59H104O15/c1-3-5-7-9-11-13-15-17-19-21-22-23-24-26-27-29-31-33-35-37-39-41-50(61)69-44-47(72-51(62)42-40-38-36-34-32-30-28-25-20-18-16-14-12-10-8-6-4-2)45-70-58-57(68)55(66)53(64)49(74-58)46-71-59-56(67)54(65)52(63)48(43-60)73-59/h19,21,23-24,27,29,33,35,47-49,52-60,63-68H,3-18,20,22,25-26,28,30-32,34,36-46H2,1-2H3/b21-19+,24-23+,29-27+,35-33+/t47-,48+,49+,52-,53-,54?,55?,56?,57?,58+,59+/m0/s1. The predicted octanol–water partition coefficient (Wildman–Crippen LogP) is 9.83. The molecule has 4 unspecified atom stereocenters. The van der Waals surface area contributed by atoms with Gasteiger partial charge in [-0.15, -0.1) is 0 Å². The number of unbranched alkanes of at least 4 members (excludes halogenated alkanes) is 24. The summed E-state index contributed by atoms with van der Waals surface area (Å²) in [6.45, 7) is 2.56. The van der Waals surface area contributed by atoms with Crippen molar-refractivity contribution in [3.8, 4) is 0 Å². The van der Waals surface area contributed by atoms with Crippen LogP contribution in [0.3, 0.4) is 0 Å². The van der Waals surface area contributed by atoms with E-state index in [0.717, 1.165) is 44.9 Å². The Hall–Kier alpha value is -2.54. The molecule has 2 fully saturated rings. The SMILES string of the molecule is CCCCCCCCC/C=C/C/C=C/C/C=C/C/C=C/CCCC(=O)OC[C@@H](CO[C@@H]1O[C@H](CO[C@@H]2O[C@H](CO)[C@H](O)C(O)C2O)[C@H](O)C(O)C1O)OC(=O)CCCCCCCCCCCCCCCCCCC. The molecule has 15 heteroatoms. The van der Waals surface area contributed by atoms with Gasteiger partial charge in [0.05, 0.1) is 19.8 Å². The molecule has 15 nitrogen and oxygen atoms in total. The zero-order valence-corrected chi connectivity index (χ0v) is 45.8. The first kappa shape index (κ1) is 67.6. The molecule has 430 valence electrons. The van der Waals surface area contributed by atoms with Crippen LogP contribution in [0.25, 0.3) is 0 Å². The molecule has 0 aromatic heterocycles. The first-order valence-corrected chi connectivity index (χ1v) is 29.2. The molecule has 2 saturated heterocycles. The number of carbonyl (C=O) groups is 2. The number of aliphatic hydroxyl groups is 7. The highest BCUT2D eigenvalue weighted by atomic mass is 16.7. The zero-order chi connectivity index (χ0) is 53.9. The Bertz CT molecular complexity index is 1470. The highest BCUT2D eigenvalue weighted by Crippen LogP contribution is 2.27. The lowest BCUT2D eigenvalue weighted by Gasteiger charge is -2.42. The normalized spacial score (nSPS) is 25.0. The van der Waals surface area contributed by atoms with Crippen LogP contribution < -0.4 is 0 Å². The molecule has 2 aliphatic rings. The molecule has 2 heterocycles. The first-order valence-electron chi connectivity index (χ1n) is 29.2. The van der Waals surface area contributed by atoms with Crippen LogP contribution in [-0.2, 0) is 38.0 Å². The van der Waals surface area contributed by atoms with Gasteiger partial charge in [-0.25, -0.2) is 0 Å². The molecular formula is C59H104O15. The van der Waals surface area contributed by atoms with E-state index in [1.807, 2.05) is 6.08 Å². The maximum absolute atomic E-state index is 13.1. The van der Waals surface area contributed by atoms with Crippen LogP contribution in [0.2, 0.25) is 0 Å². The van der Waals surface area contributed by atoms with Crippen LogP contribution in [0.1, 0.15) is 219 Å². The topological polar surface area (TPSA) is 231 Å². The van der Waals surface area contributed by atoms with Gasteiger partial charge < -0.3 is 64.2 Å². The summed E-state index contributed by atoms with van der Waals surface area (Å²) in [5, 5.41) is 72.3. The van der Waals surface area contributed by atoms with E-state index in [1.54, 1.807) is 0 Å². The van der Waals surface area contributed by atoms with Crippen molar-refractivity contribution in [3.63, 3.8) is 0 Å². The second kappa shape index (κ2) is 45.5. The van der Waals surface area contributed by atoms with Crippen LogP contribution in [-0.4, -0.2) is 142 Å². The molecule has 0 aliphatic carbocycles. The van der Waals surface area contributed by atoms with E-state index >= 15 is 0 Å². The van der Waals surface area contributed by atoms with Crippen molar-refractivity contribution >= 4 is 11.9 Å². The van der Waals surface area contributed by atoms with Gasteiger partial charge in [-0.1, -0.05) is 204 Å². The summed E-state index contributed by atoms with van der Waals surface area (Å²) < 4.78 is 33.6. The van der Waals surface area contributed by atoms with Gasteiger partial charge in [-0.3, -0.25) is 9.59 Å². The Morgan fingerprint density at radius 1 is 0.432 bits per heavy atom. The molecule has 2 aliphatic heterocycles. The quantitative estimate of drug-likeness (QED) is 0.0171. The molecule has 0 radical (unpaired) electrons. The second-order valence-electron chi connectivity index (χ2n) is 20.5. The molecule has 0 aromatic carbocycles. The molecule has 0 amide bonds. The fourth-order valence-corrected chi connectivity index (χ4v) is 9.03. The van der Waals surface area contributed by atoms with Gasteiger partial charge in [0.15, 0.2) is 18.7 Å². The van der Waals surface area contributed by atoms with E-state index in [0.29, 0.717) is 19.3 Å². The largest absolute Gasteiger partial charge is 0.462 e. The third-order valence-corrected chi connectivity index (χ3v) is 13.8. The van der Waals surface area contributed by atoms with Gasteiger partial charge in [-0.2, -0.15) is 0 Å². The third-order valence-electron chi connectivity index (χ3n) is 13.8. The highest BCUT2D eigenvalue weighted by Gasteiger charge is 2.47. The second-order valence-corrected chi connectivity index (χ2v) is 20.5. The first-order chi connectivity index (χ1) is 36.0. The maximum Gasteiger partial charge on any atom is 0.306 e. The van der Waals surface area contributed by atoms with Crippen molar-refractivity contribution in [2.24, 2.45) is 0 Å². The van der Waals surface area contributed by atoms with Crippen molar-refractivity contribution in [1.29, 1.82) is 0 Å². The van der Waals surface area contributed by atoms with Crippen LogP contribution in [0.15, 0.2) is 48.6 Å². The van der Waals surface area contributed by atoms with Crippen molar-refractivity contribution in [2.45, 2.75) is 287 Å². The minimum atomic E-state index is -1.77. The Morgan fingerprint density at radius 3 is 1.31 bits per heavy atom. The average Bonchev–Trinajstić information content (AvgIpc) is 3.39. The van der Waals surface area contributed by atoms with Gasteiger partial charge in [0.1, 0.15) is 55.4 Å². The van der Waals surface area contributed by atoms with E-state index in [-0.39, 0.29) is 19.4 Å². The number of ether oxygens (including phenoxy) is 6. The Kier molecular flexibility index (Phi) is 41.5. The number of hydrogen-bond acceptors (Lipinski definition) is 15. The van der Waals surface area contributed by atoms with E-state index < -0.39 is 99.3 Å². The number of rotatable bonds is 46. The summed E-state index contributed by atoms with van der Waals surface area (Å²) in [5.74, 6) is -0.983. The molecule has 0 spiro atoms. The number of esters is 2. The summed E-state index contributed by atoms with van der Waals surface area (Å²) in [6.07, 6.45) is 35.7. The van der Waals surface area contributed by atoms with Gasteiger partial charge in [0, 0.05) is 12.8 Å². The minimum Gasteiger partial charge on any atom is -0.462 e. The average molecular weight is 1050 g/mol. The lowest BCUT2D eigenvalue weighted by Crippen LogP contribution is -2.61. The van der Waals surface area contributed by atoms with Crippen LogP contribution in [0.4, 0.5) is 0 Å². The Labute approximate surface area is 446 Å². The molecule has 11 atom stereocenters. The lowest BCUT2D eigenvalue weighted by molar-refractivity contribution is -0.332. The molecule has 7 N–H and O–H groups in total. The fourth-order valence-electron chi connectivity index (χ4n) is 9.03.